The largest absolute Gasteiger partial charge is 0.496 e. The second-order valence-corrected chi connectivity index (χ2v) is 3.69. The third-order valence-electron chi connectivity index (χ3n) is 2.28. The number of hydrogen-bond acceptors (Lipinski definition) is 5. The molecule has 0 unspecified atom stereocenters. The van der Waals surface area contributed by atoms with Gasteiger partial charge in [-0.25, -0.2) is 4.79 Å². The molecule has 0 aliphatic heterocycles. The van der Waals surface area contributed by atoms with E-state index in [4.69, 9.17) is 9.47 Å². The summed E-state index contributed by atoms with van der Waals surface area (Å²) in [5, 5.41) is 10.8. The zero-order valence-corrected chi connectivity index (χ0v) is 11.2. The van der Waals surface area contributed by atoms with E-state index >= 15 is 0 Å². The van der Waals surface area contributed by atoms with Gasteiger partial charge in [0, 0.05) is 12.1 Å². The van der Waals surface area contributed by atoms with E-state index in [9.17, 15) is 14.9 Å². The van der Waals surface area contributed by atoms with E-state index in [1.54, 1.807) is 25.1 Å². The summed E-state index contributed by atoms with van der Waals surface area (Å²) in [5.74, 6) is -0.0398. The molecule has 20 heavy (non-hydrogen) atoms. The molecule has 0 amide bonds. The molecule has 0 saturated carbocycles. The van der Waals surface area contributed by atoms with Crippen molar-refractivity contribution in [2.75, 3.05) is 13.7 Å². The lowest BCUT2D eigenvalue weighted by Gasteiger charge is -2.01. The minimum absolute atomic E-state index is 0.0571. The Labute approximate surface area is 116 Å². The summed E-state index contributed by atoms with van der Waals surface area (Å²) in [4.78, 5) is 21.3. The van der Waals surface area contributed by atoms with Crippen molar-refractivity contribution >= 4 is 17.7 Å². The number of carbonyl (C=O) groups excluding carboxylic acids is 1. The Morgan fingerprint density at radius 3 is 2.70 bits per heavy atom. The maximum atomic E-state index is 11.0. The number of hydrogen-bond donors (Lipinski definition) is 0. The minimum atomic E-state index is -0.492. The number of nitrogens with zero attached hydrogens (tertiary/aromatic N) is 1. The van der Waals surface area contributed by atoms with E-state index in [2.05, 4.69) is 0 Å². The Hall–Kier alpha value is -2.63. The predicted molar refractivity (Wildman–Crippen MR) is 74.5 cm³/mol. The molecule has 1 aromatic carbocycles. The molecule has 1 aromatic rings. The van der Waals surface area contributed by atoms with Crippen LogP contribution in [0.1, 0.15) is 12.5 Å². The smallest absolute Gasteiger partial charge is 0.330 e. The van der Waals surface area contributed by atoms with Crippen LogP contribution in [0.3, 0.4) is 0 Å². The summed E-state index contributed by atoms with van der Waals surface area (Å²) < 4.78 is 9.70. The third-order valence-corrected chi connectivity index (χ3v) is 2.28. The average molecular weight is 277 g/mol. The summed E-state index contributed by atoms with van der Waals surface area (Å²) in [7, 11) is 1.44. The summed E-state index contributed by atoms with van der Waals surface area (Å²) >= 11 is 0. The first-order valence-electron chi connectivity index (χ1n) is 5.91. The van der Waals surface area contributed by atoms with Gasteiger partial charge in [0.25, 0.3) is 5.69 Å². The Morgan fingerprint density at radius 1 is 1.35 bits per heavy atom. The second kappa shape index (κ2) is 7.73. The molecule has 0 spiro atoms. The molecule has 0 aliphatic rings. The number of ether oxygens (including phenoxy) is 2. The van der Waals surface area contributed by atoms with Crippen LogP contribution in [0.25, 0.3) is 6.08 Å². The molecule has 0 atom stereocenters. The van der Waals surface area contributed by atoms with Gasteiger partial charge in [-0.3, -0.25) is 10.1 Å². The number of esters is 1. The van der Waals surface area contributed by atoms with Gasteiger partial charge in [0.1, 0.15) is 5.75 Å². The van der Waals surface area contributed by atoms with Crippen LogP contribution in [0.15, 0.2) is 36.4 Å². The molecule has 106 valence electrons. The van der Waals surface area contributed by atoms with Gasteiger partial charge in [0.05, 0.1) is 24.7 Å². The molecule has 0 bridgehead atoms. The van der Waals surface area contributed by atoms with Gasteiger partial charge >= 0.3 is 5.97 Å². The SMILES string of the molecule is CCOC(=O)/C=C/C=C/c1cc(OC)cc([N+](=O)[O-])c1. The summed E-state index contributed by atoms with van der Waals surface area (Å²) in [6, 6.07) is 4.41. The number of non-ortho nitro benzene ring substituents is 1. The van der Waals surface area contributed by atoms with Crippen LogP contribution < -0.4 is 4.74 Å². The minimum Gasteiger partial charge on any atom is -0.496 e. The van der Waals surface area contributed by atoms with E-state index in [1.807, 2.05) is 0 Å². The van der Waals surface area contributed by atoms with Crippen LogP contribution in [-0.4, -0.2) is 24.6 Å². The number of nitro benzene ring substituents is 1. The van der Waals surface area contributed by atoms with Crippen molar-refractivity contribution < 1.29 is 19.2 Å². The fraction of sp³-hybridized carbons (Fsp3) is 0.214. The van der Waals surface area contributed by atoms with Crippen molar-refractivity contribution in [3.05, 3.63) is 52.1 Å². The van der Waals surface area contributed by atoms with Gasteiger partial charge in [-0.05, 0) is 18.6 Å². The van der Waals surface area contributed by atoms with Gasteiger partial charge in [-0.2, -0.15) is 0 Å². The molecular weight excluding hydrogens is 262 g/mol. The van der Waals surface area contributed by atoms with Crippen molar-refractivity contribution in [2.45, 2.75) is 6.92 Å². The zero-order valence-electron chi connectivity index (χ0n) is 11.2. The Bertz CT molecular complexity index is 548. The Morgan fingerprint density at radius 2 is 2.10 bits per heavy atom. The van der Waals surface area contributed by atoms with E-state index < -0.39 is 10.9 Å². The lowest BCUT2D eigenvalue weighted by molar-refractivity contribution is -0.384. The van der Waals surface area contributed by atoms with Crippen LogP contribution in [0.5, 0.6) is 5.75 Å². The number of rotatable bonds is 6. The topological polar surface area (TPSA) is 78.7 Å². The molecular formula is C14H15NO5. The third kappa shape index (κ3) is 4.93. The first-order valence-corrected chi connectivity index (χ1v) is 5.91. The fourth-order valence-electron chi connectivity index (χ4n) is 1.42. The number of methoxy groups -OCH3 is 1. The molecule has 0 radical (unpaired) electrons. The van der Waals surface area contributed by atoms with Crippen LogP contribution in [0, 0.1) is 10.1 Å². The first kappa shape index (κ1) is 15.4. The number of benzene rings is 1. The van der Waals surface area contributed by atoms with E-state index in [1.165, 1.54) is 31.4 Å². The van der Waals surface area contributed by atoms with E-state index in [0.29, 0.717) is 17.9 Å². The quantitative estimate of drug-likeness (QED) is 0.262. The molecule has 6 heteroatoms. The normalized spacial score (nSPS) is 10.9. The second-order valence-electron chi connectivity index (χ2n) is 3.69. The summed E-state index contributed by atoms with van der Waals surface area (Å²) in [6.45, 7) is 2.03. The van der Waals surface area contributed by atoms with Crippen LogP contribution in [0.2, 0.25) is 0 Å². The summed E-state index contributed by atoms with van der Waals surface area (Å²) in [5.41, 5.74) is 0.544. The summed E-state index contributed by atoms with van der Waals surface area (Å²) in [6.07, 6.45) is 6.00. The highest BCUT2D eigenvalue weighted by Gasteiger charge is 2.08. The first-order chi connectivity index (χ1) is 9.56. The standard InChI is InChI=1S/C14H15NO5/c1-3-20-14(16)7-5-4-6-11-8-12(15(17)18)10-13(9-11)19-2/h4-10H,3H2,1-2H3/b6-4+,7-5+. The van der Waals surface area contributed by atoms with E-state index in [0.717, 1.165) is 0 Å². The lowest BCUT2D eigenvalue weighted by atomic mass is 10.1. The molecule has 0 aromatic heterocycles. The van der Waals surface area contributed by atoms with Crippen molar-refractivity contribution in [1.29, 1.82) is 0 Å². The molecule has 0 aliphatic carbocycles. The maximum absolute atomic E-state index is 11.0. The number of allylic oxidation sites excluding steroid dienone is 2. The number of nitro groups is 1. The van der Waals surface area contributed by atoms with Gasteiger partial charge in [0.2, 0.25) is 0 Å². The monoisotopic (exact) mass is 277 g/mol. The molecule has 0 fully saturated rings. The van der Waals surface area contributed by atoms with Crippen LogP contribution in [0.4, 0.5) is 5.69 Å². The van der Waals surface area contributed by atoms with E-state index in [-0.39, 0.29) is 5.69 Å². The highest BCUT2D eigenvalue weighted by Crippen LogP contribution is 2.23. The van der Waals surface area contributed by atoms with Gasteiger partial charge < -0.3 is 9.47 Å². The molecule has 0 N–H and O–H groups in total. The lowest BCUT2D eigenvalue weighted by Crippen LogP contribution is -1.98. The predicted octanol–water partition coefficient (Wildman–Crippen LogP) is 2.74. The van der Waals surface area contributed by atoms with Crippen molar-refractivity contribution in [3.8, 4) is 5.75 Å². The van der Waals surface area contributed by atoms with Crippen LogP contribution in [-0.2, 0) is 9.53 Å². The van der Waals surface area contributed by atoms with Crippen LogP contribution >= 0.6 is 0 Å². The van der Waals surface area contributed by atoms with Gasteiger partial charge in [-0.1, -0.05) is 18.2 Å². The number of carbonyl (C=O) groups is 1. The van der Waals surface area contributed by atoms with Crippen molar-refractivity contribution in [2.24, 2.45) is 0 Å². The van der Waals surface area contributed by atoms with Gasteiger partial charge in [0.15, 0.2) is 0 Å². The zero-order chi connectivity index (χ0) is 15.0. The van der Waals surface area contributed by atoms with Crippen molar-refractivity contribution in [1.82, 2.24) is 0 Å². The van der Waals surface area contributed by atoms with Crippen molar-refractivity contribution in [3.63, 3.8) is 0 Å². The molecule has 0 saturated heterocycles. The Balaban J connectivity index is 2.83. The fourth-order valence-corrected chi connectivity index (χ4v) is 1.42. The Kier molecular flexibility index (Phi) is 5.96. The maximum Gasteiger partial charge on any atom is 0.330 e. The highest BCUT2D eigenvalue weighted by molar-refractivity contribution is 5.82. The van der Waals surface area contributed by atoms with Gasteiger partial charge in [-0.15, -0.1) is 0 Å². The molecule has 0 heterocycles. The molecule has 6 nitrogen and oxygen atoms in total. The average Bonchev–Trinajstić information content (AvgIpc) is 2.43. The highest BCUT2D eigenvalue weighted by atomic mass is 16.6. The molecule has 1 rings (SSSR count).